The molecule has 0 unspecified atom stereocenters. The maximum absolute atomic E-state index is 6.12. The van der Waals surface area contributed by atoms with Crippen LogP contribution in [0.2, 0.25) is 5.02 Å². The van der Waals surface area contributed by atoms with E-state index in [9.17, 15) is 0 Å². The molecule has 7 heteroatoms. The van der Waals surface area contributed by atoms with Crippen molar-refractivity contribution in [2.75, 3.05) is 47.9 Å². The fourth-order valence-electron chi connectivity index (χ4n) is 3.20. The molecule has 1 aliphatic rings. The van der Waals surface area contributed by atoms with Crippen LogP contribution in [0.15, 0.2) is 60.8 Å². The van der Waals surface area contributed by atoms with E-state index in [2.05, 4.69) is 26.1 Å². The van der Waals surface area contributed by atoms with Crippen LogP contribution in [-0.2, 0) is 0 Å². The van der Waals surface area contributed by atoms with Crippen molar-refractivity contribution in [1.29, 1.82) is 0 Å². The molecule has 27 heavy (non-hydrogen) atoms. The van der Waals surface area contributed by atoms with Gasteiger partial charge in [0.1, 0.15) is 0 Å². The topological polar surface area (TPSA) is 48.4 Å². The number of benzene rings is 2. The highest BCUT2D eigenvalue weighted by molar-refractivity contribution is 6.30. The Morgan fingerprint density at radius 3 is 2.41 bits per heavy atom. The van der Waals surface area contributed by atoms with Crippen molar-refractivity contribution < 1.29 is 0 Å². The van der Waals surface area contributed by atoms with Crippen LogP contribution in [0.4, 0.5) is 23.1 Å². The molecule has 0 N–H and O–H groups in total. The van der Waals surface area contributed by atoms with E-state index in [0.717, 1.165) is 48.4 Å². The van der Waals surface area contributed by atoms with Crippen LogP contribution in [0.5, 0.6) is 0 Å². The summed E-state index contributed by atoms with van der Waals surface area (Å²) in [6.07, 6.45) is 1.69. The molecule has 0 aliphatic carbocycles. The van der Waals surface area contributed by atoms with Gasteiger partial charge in [0.2, 0.25) is 5.95 Å². The molecule has 0 atom stereocenters. The van der Waals surface area contributed by atoms with Gasteiger partial charge in [-0.3, -0.25) is 0 Å². The highest BCUT2D eigenvalue weighted by atomic mass is 35.5. The number of hydrogen-bond donors (Lipinski definition) is 0. The van der Waals surface area contributed by atoms with Crippen molar-refractivity contribution in [3.63, 3.8) is 0 Å². The van der Waals surface area contributed by atoms with Crippen LogP contribution in [0.25, 0.3) is 0 Å². The zero-order chi connectivity index (χ0) is 18.6. The van der Waals surface area contributed by atoms with Gasteiger partial charge in [0, 0.05) is 49.6 Å². The van der Waals surface area contributed by atoms with E-state index in [1.54, 1.807) is 6.20 Å². The molecule has 1 fully saturated rings. The molecule has 2 aromatic carbocycles. The highest BCUT2D eigenvalue weighted by Crippen LogP contribution is 2.24. The molecule has 138 valence electrons. The Morgan fingerprint density at radius 1 is 0.926 bits per heavy atom. The lowest BCUT2D eigenvalue weighted by atomic mass is 10.2. The lowest BCUT2D eigenvalue weighted by molar-refractivity contribution is 0.635. The quantitative estimate of drug-likeness (QED) is 0.689. The first kappa shape index (κ1) is 17.5. The first-order chi connectivity index (χ1) is 13.2. The summed E-state index contributed by atoms with van der Waals surface area (Å²) < 4.78 is 0. The Labute approximate surface area is 164 Å². The van der Waals surface area contributed by atoms with Gasteiger partial charge in [-0.2, -0.15) is 10.1 Å². The first-order valence-corrected chi connectivity index (χ1v) is 9.32. The SMILES string of the molecule is CN(c1ccccc1)c1cnnc(N2CCN(c3cccc(Cl)c3)CC2)n1. The van der Waals surface area contributed by atoms with Gasteiger partial charge in [-0.25, -0.2) is 0 Å². The second-order valence-corrected chi connectivity index (χ2v) is 6.90. The van der Waals surface area contributed by atoms with Crippen LogP contribution in [-0.4, -0.2) is 48.4 Å². The van der Waals surface area contributed by atoms with Crippen LogP contribution < -0.4 is 14.7 Å². The van der Waals surface area contributed by atoms with E-state index in [1.165, 1.54) is 0 Å². The highest BCUT2D eigenvalue weighted by Gasteiger charge is 2.20. The Bertz CT molecular complexity index is 896. The molecule has 4 rings (SSSR count). The van der Waals surface area contributed by atoms with Gasteiger partial charge in [0.05, 0.1) is 6.20 Å². The molecule has 3 aromatic rings. The van der Waals surface area contributed by atoms with Gasteiger partial charge in [-0.15, -0.1) is 5.10 Å². The van der Waals surface area contributed by atoms with Gasteiger partial charge in [-0.1, -0.05) is 35.9 Å². The predicted octanol–water partition coefficient (Wildman–Crippen LogP) is 3.62. The minimum Gasteiger partial charge on any atom is -0.368 e. The summed E-state index contributed by atoms with van der Waals surface area (Å²) in [5.74, 6) is 1.45. The van der Waals surface area contributed by atoms with Crippen molar-refractivity contribution in [2.45, 2.75) is 0 Å². The lowest BCUT2D eigenvalue weighted by Gasteiger charge is -2.36. The number of para-hydroxylation sites is 1. The molecule has 6 nitrogen and oxygen atoms in total. The van der Waals surface area contributed by atoms with Crippen LogP contribution in [0.3, 0.4) is 0 Å². The van der Waals surface area contributed by atoms with Crippen molar-refractivity contribution in [1.82, 2.24) is 15.2 Å². The molecule has 0 saturated carbocycles. The Kier molecular flexibility index (Phi) is 5.07. The normalized spacial score (nSPS) is 14.3. The van der Waals surface area contributed by atoms with Gasteiger partial charge < -0.3 is 14.7 Å². The molecule has 1 aliphatic heterocycles. The summed E-state index contributed by atoms with van der Waals surface area (Å²) in [5.41, 5.74) is 2.22. The number of piperazine rings is 1. The Balaban J connectivity index is 1.46. The summed E-state index contributed by atoms with van der Waals surface area (Å²) in [4.78, 5) is 11.2. The molecule has 0 spiro atoms. The smallest absolute Gasteiger partial charge is 0.247 e. The number of anilines is 4. The van der Waals surface area contributed by atoms with E-state index in [0.29, 0.717) is 5.95 Å². The van der Waals surface area contributed by atoms with E-state index < -0.39 is 0 Å². The Morgan fingerprint density at radius 2 is 1.67 bits per heavy atom. The molecule has 0 bridgehead atoms. The average molecular weight is 381 g/mol. The zero-order valence-corrected chi connectivity index (χ0v) is 15.9. The van der Waals surface area contributed by atoms with Crippen molar-refractivity contribution >= 4 is 34.7 Å². The molecular formula is C20H21ClN6. The number of halogens is 1. The van der Waals surface area contributed by atoms with E-state index in [-0.39, 0.29) is 0 Å². The fourth-order valence-corrected chi connectivity index (χ4v) is 3.39. The zero-order valence-electron chi connectivity index (χ0n) is 15.2. The Hall–Kier alpha value is -2.86. The van der Waals surface area contributed by atoms with Crippen LogP contribution in [0.1, 0.15) is 0 Å². The number of rotatable bonds is 4. The fraction of sp³-hybridized carbons (Fsp3) is 0.250. The van der Waals surface area contributed by atoms with Crippen molar-refractivity contribution in [3.05, 3.63) is 65.8 Å². The maximum atomic E-state index is 6.12. The second-order valence-electron chi connectivity index (χ2n) is 6.46. The lowest BCUT2D eigenvalue weighted by Crippen LogP contribution is -2.47. The third-order valence-corrected chi connectivity index (χ3v) is 4.99. The van der Waals surface area contributed by atoms with Gasteiger partial charge >= 0.3 is 0 Å². The van der Waals surface area contributed by atoms with E-state index in [4.69, 9.17) is 16.6 Å². The number of aromatic nitrogens is 3. The molecule has 2 heterocycles. The first-order valence-electron chi connectivity index (χ1n) is 8.95. The molecule has 1 saturated heterocycles. The third kappa shape index (κ3) is 3.95. The van der Waals surface area contributed by atoms with E-state index >= 15 is 0 Å². The summed E-state index contributed by atoms with van der Waals surface area (Å²) in [6, 6.07) is 18.1. The number of hydrogen-bond acceptors (Lipinski definition) is 6. The predicted molar refractivity (Wildman–Crippen MR) is 110 cm³/mol. The monoisotopic (exact) mass is 380 g/mol. The molecular weight excluding hydrogens is 360 g/mol. The second kappa shape index (κ2) is 7.80. The largest absolute Gasteiger partial charge is 0.368 e. The molecule has 1 aromatic heterocycles. The third-order valence-electron chi connectivity index (χ3n) is 4.76. The van der Waals surface area contributed by atoms with Gasteiger partial charge in [-0.05, 0) is 30.3 Å². The van der Waals surface area contributed by atoms with E-state index in [1.807, 2.05) is 60.5 Å². The minimum atomic E-state index is 0.668. The number of nitrogens with zero attached hydrogens (tertiary/aromatic N) is 6. The summed E-state index contributed by atoms with van der Waals surface area (Å²) in [5, 5.41) is 9.18. The van der Waals surface area contributed by atoms with Crippen LogP contribution in [0, 0.1) is 0 Å². The summed E-state index contributed by atoms with van der Waals surface area (Å²) in [6.45, 7) is 3.46. The van der Waals surface area contributed by atoms with Gasteiger partial charge in [0.15, 0.2) is 5.82 Å². The summed E-state index contributed by atoms with van der Waals surface area (Å²) in [7, 11) is 1.99. The van der Waals surface area contributed by atoms with Crippen LogP contribution >= 0.6 is 11.6 Å². The molecule has 0 radical (unpaired) electrons. The van der Waals surface area contributed by atoms with Crippen molar-refractivity contribution in [2.24, 2.45) is 0 Å². The summed E-state index contributed by atoms with van der Waals surface area (Å²) >= 11 is 6.12. The minimum absolute atomic E-state index is 0.668. The average Bonchev–Trinajstić information content (AvgIpc) is 2.74. The standard InChI is InChI=1S/C20H21ClN6/c1-25(17-7-3-2-4-8-17)19-15-22-24-20(23-19)27-12-10-26(11-13-27)18-9-5-6-16(21)14-18/h2-9,14-15H,10-13H2,1H3. The van der Waals surface area contributed by atoms with Crippen molar-refractivity contribution in [3.8, 4) is 0 Å². The van der Waals surface area contributed by atoms with Gasteiger partial charge in [0.25, 0.3) is 0 Å². The maximum Gasteiger partial charge on any atom is 0.247 e. The molecule has 0 amide bonds.